The Morgan fingerprint density at radius 3 is 2.47 bits per heavy atom. The molecular formula is C11H16N2O2. The van der Waals surface area contributed by atoms with E-state index >= 15 is 0 Å². The maximum atomic E-state index is 10.6. The number of rotatable bonds is 5. The second-order valence-electron chi connectivity index (χ2n) is 3.59. The Hall–Kier alpha value is -1.39. The van der Waals surface area contributed by atoms with Gasteiger partial charge in [0.1, 0.15) is 0 Å². The first-order valence-corrected chi connectivity index (χ1v) is 4.86. The fraction of sp³-hybridized carbons (Fsp3) is 0.364. The van der Waals surface area contributed by atoms with Crippen molar-refractivity contribution >= 4 is 5.91 Å². The molecule has 0 radical (unpaired) electrons. The van der Waals surface area contributed by atoms with Crippen molar-refractivity contribution in [2.75, 3.05) is 0 Å². The van der Waals surface area contributed by atoms with Gasteiger partial charge in [-0.25, -0.2) is 0 Å². The van der Waals surface area contributed by atoms with Gasteiger partial charge in [-0.1, -0.05) is 30.3 Å². The van der Waals surface area contributed by atoms with Gasteiger partial charge in [0, 0.05) is 12.5 Å². The smallest absolute Gasteiger partial charge is 0.218 e. The van der Waals surface area contributed by atoms with Crippen LogP contribution >= 0.6 is 0 Å². The maximum Gasteiger partial charge on any atom is 0.218 e. The Morgan fingerprint density at radius 2 is 1.93 bits per heavy atom. The molecule has 0 bridgehead atoms. The highest BCUT2D eigenvalue weighted by atomic mass is 16.3. The molecule has 4 nitrogen and oxygen atoms in total. The first kappa shape index (κ1) is 11.7. The zero-order valence-electron chi connectivity index (χ0n) is 8.47. The lowest BCUT2D eigenvalue weighted by molar-refractivity contribution is -0.118. The van der Waals surface area contributed by atoms with Gasteiger partial charge >= 0.3 is 0 Å². The predicted octanol–water partition coefficient (Wildman–Crippen LogP) is 0.313. The first-order valence-electron chi connectivity index (χ1n) is 4.86. The standard InChI is InChI=1S/C11H16N2O2/c12-9(7-11(13)15)6-10(14)8-4-2-1-3-5-8/h1-5,9-10,14H,6-7,12H2,(H2,13,15)/t9?,10-/m0/s1. The van der Waals surface area contributed by atoms with E-state index in [1.807, 2.05) is 30.3 Å². The fourth-order valence-corrected chi connectivity index (χ4v) is 1.44. The zero-order chi connectivity index (χ0) is 11.3. The van der Waals surface area contributed by atoms with E-state index in [4.69, 9.17) is 11.5 Å². The van der Waals surface area contributed by atoms with Crippen LogP contribution in [0.3, 0.4) is 0 Å². The molecule has 0 saturated carbocycles. The van der Waals surface area contributed by atoms with Crippen molar-refractivity contribution < 1.29 is 9.90 Å². The highest BCUT2D eigenvalue weighted by Crippen LogP contribution is 2.17. The Labute approximate surface area is 88.9 Å². The summed E-state index contributed by atoms with van der Waals surface area (Å²) >= 11 is 0. The van der Waals surface area contributed by atoms with Gasteiger partial charge in [0.05, 0.1) is 6.10 Å². The Morgan fingerprint density at radius 1 is 1.33 bits per heavy atom. The van der Waals surface area contributed by atoms with Crippen LogP contribution in [0, 0.1) is 0 Å². The minimum Gasteiger partial charge on any atom is -0.388 e. The van der Waals surface area contributed by atoms with Crippen LogP contribution in [0.25, 0.3) is 0 Å². The van der Waals surface area contributed by atoms with E-state index in [0.29, 0.717) is 6.42 Å². The van der Waals surface area contributed by atoms with E-state index in [9.17, 15) is 9.90 Å². The van der Waals surface area contributed by atoms with Gasteiger partial charge < -0.3 is 16.6 Å². The summed E-state index contributed by atoms with van der Waals surface area (Å²) in [5, 5.41) is 9.77. The Kier molecular flexibility index (Phi) is 4.27. The van der Waals surface area contributed by atoms with Gasteiger partial charge in [-0.3, -0.25) is 4.79 Å². The van der Waals surface area contributed by atoms with Crippen molar-refractivity contribution in [3.05, 3.63) is 35.9 Å². The molecule has 0 aliphatic heterocycles. The SMILES string of the molecule is NC(=O)CC(N)C[C@H](O)c1ccccc1. The van der Waals surface area contributed by atoms with E-state index in [1.54, 1.807) is 0 Å². The van der Waals surface area contributed by atoms with E-state index in [1.165, 1.54) is 0 Å². The number of carbonyl (C=O) groups is 1. The number of benzene rings is 1. The van der Waals surface area contributed by atoms with Crippen LogP contribution in [0.5, 0.6) is 0 Å². The summed E-state index contributed by atoms with van der Waals surface area (Å²) in [5.41, 5.74) is 11.5. The summed E-state index contributed by atoms with van der Waals surface area (Å²) in [5.74, 6) is -0.442. The van der Waals surface area contributed by atoms with E-state index in [0.717, 1.165) is 5.56 Å². The Balaban J connectivity index is 2.49. The summed E-state index contributed by atoms with van der Waals surface area (Å²) in [7, 11) is 0. The minimum atomic E-state index is -0.638. The van der Waals surface area contributed by atoms with Crippen LogP contribution in [0.1, 0.15) is 24.5 Å². The molecule has 15 heavy (non-hydrogen) atoms. The van der Waals surface area contributed by atoms with Crippen molar-refractivity contribution in [3.8, 4) is 0 Å². The number of amides is 1. The van der Waals surface area contributed by atoms with Gasteiger partial charge in [-0.15, -0.1) is 0 Å². The third-order valence-electron chi connectivity index (χ3n) is 2.17. The number of primary amides is 1. The lowest BCUT2D eigenvalue weighted by atomic mass is 10.0. The largest absolute Gasteiger partial charge is 0.388 e. The third kappa shape index (κ3) is 4.10. The van der Waals surface area contributed by atoms with Gasteiger partial charge in [0.2, 0.25) is 5.91 Å². The van der Waals surface area contributed by atoms with Crippen molar-refractivity contribution in [1.82, 2.24) is 0 Å². The van der Waals surface area contributed by atoms with Gasteiger partial charge in [0.15, 0.2) is 0 Å². The molecule has 82 valence electrons. The number of nitrogens with two attached hydrogens (primary N) is 2. The van der Waals surface area contributed by atoms with Crippen molar-refractivity contribution in [1.29, 1.82) is 0 Å². The molecule has 0 spiro atoms. The second-order valence-corrected chi connectivity index (χ2v) is 3.59. The Bertz CT molecular complexity index is 314. The zero-order valence-corrected chi connectivity index (χ0v) is 8.47. The number of hydrogen-bond acceptors (Lipinski definition) is 3. The van der Waals surface area contributed by atoms with Crippen LogP contribution in [-0.2, 0) is 4.79 Å². The summed E-state index contributed by atoms with van der Waals surface area (Å²) in [6.45, 7) is 0. The monoisotopic (exact) mass is 208 g/mol. The van der Waals surface area contributed by atoms with Crippen molar-refractivity contribution in [2.45, 2.75) is 25.0 Å². The molecule has 1 unspecified atom stereocenters. The third-order valence-corrected chi connectivity index (χ3v) is 2.17. The van der Waals surface area contributed by atoms with Gasteiger partial charge in [-0.2, -0.15) is 0 Å². The summed E-state index contributed by atoms with van der Waals surface area (Å²) in [6.07, 6.45) is -0.197. The lowest BCUT2D eigenvalue weighted by Gasteiger charge is -2.15. The average Bonchev–Trinajstić information content (AvgIpc) is 2.17. The molecule has 1 rings (SSSR count). The van der Waals surface area contributed by atoms with E-state index in [2.05, 4.69) is 0 Å². The van der Waals surface area contributed by atoms with E-state index < -0.39 is 18.1 Å². The van der Waals surface area contributed by atoms with Crippen LogP contribution in [0.4, 0.5) is 0 Å². The quantitative estimate of drug-likeness (QED) is 0.650. The maximum absolute atomic E-state index is 10.6. The summed E-state index contributed by atoms with van der Waals surface area (Å²) in [6, 6.07) is 8.82. The molecule has 0 aliphatic rings. The molecule has 1 amide bonds. The molecule has 1 aromatic carbocycles. The van der Waals surface area contributed by atoms with Crippen LogP contribution in [-0.4, -0.2) is 17.1 Å². The molecule has 0 aromatic heterocycles. The number of carbonyl (C=O) groups excluding carboxylic acids is 1. The van der Waals surface area contributed by atoms with Crippen molar-refractivity contribution in [2.24, 2.45) is 11.5 Å². The minimum absolute atomic E-state index is 0.101. The van der Waals surface area contributed by atoms with Gasteiger partial charge in [-0.05, 0) is 12.0 Å². The lowest BCUT2D eigenvalue weighted by Crippen LogP contribution is -2.29. The highest BCUT2D eigenvalue weighted by molar-refractivity contribution is 5.74. The van der Waals surface area contributed by atoms with Crippen LogP contribution < -0.4 is 11.5 Å². The molecule has 0 saturated heterocycles. The van der Waals surface area contributed by atoms with Gasteiger partial charge in [0.25, 0.3) is 0 Å². The van der Waals surface area contributed by atoms with Crippen molar-refractivity contribution in [3.63, 3.8) is 0 Å². The fourth-order valence-electron chi connectivity index (χ4n) is 1.44. The van der Waals surface area contributed by atoms with E-state index in [-0.39, 0.29) is 6.42 Å². The topological polar surface area (TPSA) is 89.3 Å². The molecular weight excluding hydrogens is 192 g/mol. The predicted molar refractivity (Wildman–Crippen MR) is 57.8 cm³/mol. The number of aliphatic hydroxyl groups is 1. The molecule has 1 aromatic rings. The van der Waals surface area contributed by atoms with Crippen LogP contribution in [0.15, 0.2) is 30.3 Å². The molecule has 2 atom stereocenters. The molecule has 0 heterocycles. The summed E-state index contributed by atoms with van der Waals surface area (Å²) < 4.78 is 0. The molecule has 0 aliphatic carbocycles. The first-order chi connectivity index (χ1) is 7.09. The summed E-state index contributed by atoms with van der Waals surface area (Å²) in [4.78, 5) is 10.6. The average molecular weight is 208 g/mol. The molecule has 4 heteroatoms. The van der Waals surface area contributed by atoms with Crippen LogP contribution in [0.2, 0.25) is 0 Å². The normalized spacial score (nSPS) is 14.5. The second kappa shape index (κ2) is 5.48. The number of aliphatic hydroxyl groups excluding tert-OH is 1. The molecule has 5 N–H and O–H groups in total. The molecule has 0 fully saturated rings. The number of hydrogen-bond donors (Lipinski definition) is 3. The highest BCUT2D eigenvalue weighted by Gasteiger charge is 2.13.